The first-order valence-electron chi connectivity index (χ1n) is 10.4. The first-order chi connectivity index (χ1) is 13.9. The van der Waals surface area contributed by atoms with Gasteiger partial charge in [0.25, 0.3) is 0 Å². The molecule has 1 amide bonds. The zero-order chi connectivity index (χ0) is 20.2. The number of carbonyl (C=O) groups excluding carboxylic acids is 1. The van der Waals surface area contributed by atoms with Crippen LogP contribution in [0.15, 0.2) is 12.3 Å². The zero-order valence-electron chi connectivity index (χ0n) is 16.2. The monoisotopic (exact) mass is 416 g/mol. The third-order valence-corrected chi connectivity index (χ3v) is 7.44. The first kappa shape index (κ1) is 19.0. The molecular formula is C21H25ClN4O3. The number of carbonyl (C=O) groups is 1. The molecule has 1 aromatic heterocycles. The summed E-state index contributed by atoms with van der Waals surface area (Å²) in [6.07, 6.45) is 6.57. The molecule has 0 spiro atoms. The second-order valence-electron chi connectivity index (χ2n) is 9.28. The standard InChI is InChI=1S/C21H25ClN4O3/c22-17-5-13(9-23)10-24-19(17)25-16-1-2-26(11-16)20(27)29-18-14-3-12-4-15(18)8-21(28,6-12)7-14/h5,10,12,14-16,18,28H,1-4,6-8,11H2,(H,24,25)/t12?,14-,15-,16?,18?,21?/m1/s1. The summed E-state index contributed by atoms with van der Waals surface area (Å²) in [4.78, 5) is 18.8. The maximum atomic E-state index is 12.8. The summed E-state index contributed by atoms with van der Waals surface area (Å²) in [6, 6.07) is 3.64. The maximum absolute atomic E-state index is 12.8. The van der Waals surface area contributed by atoms with Crippen LogP contribution >= 0.6 is 11.6 Å². The lowest BCUT2D eigenvalue weighted by atomic mass is 9.53. The van der Waals surface area contributed by atoms with Gasteiger partial charge in [0.15, 0.2) is 0 Å². The third-order valence-electron chi connectivity index (χ3n) is 7.15. The molecule has 4 bridgehead atoms. The molecule has 0 aromatic carbocycles. The normalized spacial score (nSPS) is 37.4. The Kier molecular flexibility index (Phi) is 4.60. The van der Waals surface area contributed by atoms with Gasteiger partial charge in [-0.1, -0.05) is 11.6 Å². The molecule has 1 aliphatic heterocycles. The van der Waals surface area contributed by atoms with Crippen molar-refractivity contribution >= 4 is 23.5 Å². The molecule has 5 aliphatic rings. The largest absolute Gasteiger partial charge is 0.446 e. The number of anilines is 1. The Morgan fingerprint density at radius 1 is 1.38 bits per heavy atom. The van der Waals surface area contributed by atoms with E-state index >= 15 is 0 Å². The van der Waals surface area contributed by atoms with Crippen molar-refractivity contribution in [1.29, 1.82) is 5.26 Å². The number of amides is 1. The Labute approximate surface area is 175 Å². The predicted molar refractivity (Wildman–Crippen MR) is 106 cm³/mol. The second-order valence-corrected chi connectivity index (χ2v) is 9.69. The number of aromatic nitrogens is 1. The molecule has 3 atom stereocenters. The minimum Gasteiger partial charge on any atom is -0.446 e. The fraction of sp³-hybridized carbons (Fsp3) is 0.667. The van der Waals surface area contributed by atoms with Gasteiger partial charge >= 0.3 is 6.09 Å². The number of nitrogens with one attached hydrogen (secondary N) is 1. The van der Waals surface area contributed by atoms with E-state index in [-0.39, 0.29) is 18.2 Å². The van der Waals surface area contributed by atoms with Gasteiger partial charge in [0.05, 0.1) is 16.2 Å². The summed E-state index contributed by atoms with van der Waals surface area (Å²) in [6.45, 7) is 1.16. The number of likely N-dealkylation sites (tertiary alicyclic amines) is 1. The van der Waals surface area contributed by atoms with Crippen LogP contribution in [0, 0.1) is 29.1 Å². The van der Waals surface area contributed by atoms with Crippen molar-refractivity contribution in [2.45, 2.75) is 56.3 Å². The molecule has 6 rings (SSSR count). The van der Waals surface area contributed by atoms with Gasteiger partial charge in [0.1, 0.15) is 18.0 Å². The lowest BCUT2D eigenvalue weighted by molar-refractivity contribution is -0.177. The molecule has 1 unspecified atom stereocenters. The van der Waals surface area contributed by atoms with Crippen molar-refractivity contribution in [3.05, 3.63) is 22.8 Å². The molecule has 29 heavy (non-hydrogen) atoms. The van der Waals surface area contributed by atoms with Crippen molar-refractivity contribution < 1.29 is 14.6 Å². The van der Waals surface area contributed by atoms with Gasteiger partial charge in [-0.05, 0) is 62.3 Å². The van der Waals surface area contributed by atoms with Crippen molar-refractivity contribution in [3.8, 4) is 6.07 Å². The summed E-state index contributed by atoms with van der Waals surface area (Å²) in [5.41, 5.74) is -0.104. The molecule has 4 saturated carbocycles. The molecule has 154 valence electrons. The summed E-state index contributed by atoms with van der Waals surface area (Å²) in [5.74, 6) is 1.72. The number of nitriles is 1. The molecule has 4 aliphatic carbocycles. The number of aliphatic hydroxyl groups is 1. The summed E-state index contributed by atoms with van der Waals surface area (Å²) in [5, 5.41) is 23.3. The molecule has 1 saturated heterocycles. The molecule has 0 radical (unpaired) electrons. The van der Waals surface area contributed by atoms with E-state index in [1.54, 1.807) is 11.0 Å². The maximum Gasteiger partial charge on any atom is 0.410 e. The average Bonchev–Trinajstić information content (AvgIpc) is 3.13. The van der Waals surface area contributed by atoms with E-state index in [1.807, 2.05) is 6.07 Å². The van der Waals surface area contributed by atoms with Crippen LogP contribution in [0.25, 0.3) is 0 Å². The number of ether oxygens (including phenoxy) is 1. The van der Waals surface area contributed by atoms with Crippen LogP contribution in [0.3, 0.4) is 0 Å². The molecular weight excluding hydrogens is 392 g/mol. The molecule has 8 heteroatoms. The first-order valence-corrected chi connectivity index (χ1v) is 10.8. The zero-order valence-corrected chi connectivity index (χ0v) is 16.9. The molecule has 1 aromatic rings. The molecule has 7 nitrogen and oxygen atoms in total. The van der Waals surface area contributed by atoms with Gasteiger partial charge in [-0.2, -0.15) is 5.26 Å². The lowest BCUT2D eigenvalue weighted by Gasteiger charge is -2.57. The SMILES string of the molecule is N#Cc1cnc(NC2CCN(C(=O)OC3[C@@H]4CC5C[C@@H]3CC(O)(C5)C4)C2)c(Cl)c1. The Hall–Kier alpha value is -2.04. The van der Waals surface area contributed by atoms with Crippen LogP contribution in [0.2, 0.25) is 5.02 Å². The fourth-order valence-electron chi connectivity index (χ4n) is 6.16. The van der Waals surface area contributed by atoms with Gasteiger partial charge in [-0.3, -0.25) is 0 Å². The number of hydrogen-bond donors (Lipinski definition) is 2. The van der Waals surface area contributed by atoms with E-state index < -0.39 is 5.60 Å². The number of nitrogens with zero attached hydrogens (tertiary/aromatic N) is 3. The van der Waals surface area contributed by atoms with E-state index in [0.29, 0.717) is 47.2 Å². The summed E-state index contributed by atoms with van der Waals surface area (Å²) in [7, 11) is 0. The number of hydrogen-bond acceptors (Lipinski definition) is 6. The fourth-order valence-corrected chi connectivity index (χ4v) is 6.38. The van der Waals surface area contributed by atoms with Crippen LogP contribution in [0.4, 0.5) is 10.6 Å². The highest BCUT2D eigenvalue weighted by molar-refractivity contribution is 6.33. The molecule has 2 N–H and O–H groups in total. The van der Waals surface area contributed by atoms with Gasteiger partial charge in [0, 0.05) is 25.3 Å². The van der Waals surface area contributed by atoms with E-state index in [1.165, 1.54) is 6.20 Å². The number of pyridine rings is 1. The Morgan fingerprint density at radius 2 is 2.14 bits per heavy atom. The minimum atomic E-state index is -0.518. The van der Waals surface area contributed by atoms with E-state index in [0.717, 1.165) is 38.5 Å². The number of rotatable bonds is 3. The van der Waals surface area contributed by atoms with Crippen LogP contribution in [-0.2, 0) is 4.74 Å². The van der Waals surface area contributed by atoms with Gasteiger partial charge in [-0.15, -0.1) is 0 Å². The van der Waals surface area contributed by atoms with E-state index in [9.17, 15) is 9.90 Å². The van der Waals surface area contributed by atoms with Crippen LogP contribution in [-0.4, -0.2) is 51.9 Å². The number of halogens is 1. The third kappa shape index (κ3) is 3.53. The van der Waals surface area contributed by atoms with Crippen molar-refractivity contribution in [2.75, 3.05) is 18.4 Å². The highest BCUT2D eigenvalue weighted by Crippen LogP contribution is 2.56. The smallest absolute Gasteiger partial charge is 0.410 e. The van der Waals surface area contributed by atoms with Crippen LogP contribution in [0.5, 0.6) is 0 Å². The minimum absolute atomic E-state index is 0.0414. The highest BCUT2D eigenvalue weighted by atomic mass is 35.5. The van der Waals surface area contributed by atoms with Gasteiger partial charge in [0.2, 0.25) is 0 Å². The average molecular weight is 417 g/mol. The molecule has 5 fully saturated rings. The van der Waals surface area contributed by atoms with E-state index in [4.69, 9.17) is 21.6 Å². The Morgan fingerprint density at radius 3 is 2.79 bits per heavy atom. The van der Waals surface area contributed by atoms with Crippen LogP contribution in [0.1, 0.15) is 44.1 Å². The Bertz CT molecular complexity index is 856. The van der Waals surface area contributed by atoms with Gasteiger partial charge in [-0.25, -0.2) is 9.78 Å². The molecule has 2 heterocycles. The summed E-state index contributed by atoms with van der Waals surface area (Å²) < 4.78 is 5.98. The second kappa shape index (κ2) is 7.03. The summed E-state index contributed by atoms with van der Waals surface area (Å²) >= 11 is 6.19. The quantitative estimate of drug-likeness (QED) is 0.785. The van der Waals surface area contributed by atoms with Gasteiger partial charge < -0.3 is 20.1 Å². The van der Waals surface area contributed by atoms with Crippen molar-refractivity contribution in [2.24, 2.45) is 17.8 Å². The topological polar surface area (TPSA) is 98.5 Å². The van der Waals surface area contributed by atoms with Crippen molar-refractivity contribution in [3.63, 3.8) is 0 Å². The highest BCUT2D eigenvalue weighted by Gasteiger charge is 2.56. The van der Waals surface area contributed by atoms with E-state index in [2.05, 4.69) is 10.3 Å². The van der Waals surface area contributed by atoms with Crippen LogP contribution < -0.4 is 5.32 Å². The Balaban J connectivity index is 1.18. The lowest BCUT2D eigenvalue weighted by Crippen LogP contribution is -2.58. The predicted octanol–water partition coefficient (Wildman–Crippen LogP) is 3.17. The van der Waals surface area contributed by atoms with Crippen molar-refractivity contribution in [1.82, 2.24) is 9.88 Å².